The third-order valence-corrected chi connectivity index (χ3v) is 5.04. The first kappa shape index (κ1) is 21.1. The zero-order chi connectivity index (χ0) is 18.1. The lowest BCUT2D eigenvalue weighted by Crippen LogP contribution is -2.36. The van der Waals surface area contributed by atoms with Crippen molar-refractivity contribution < 1.29 is 24.1 Å². The Labute approximate surface area is 153 Å². The number of unbranched alkanes of at least 4 members (excludes halogenated alkanes) is 9. The summed E-state index contributed by atoms with van der Waals surface area (Å²) in [6, 6.07) is 0. The highest BCUT2D eigenvalue weighted by Crippen LogP contribution is 2.37. The molecule has 0 aromatic rings. The van der Waals surface area contributed by atoms with E-state index in [1.165, 1.54) is 57.8 Å². The second-order valence-corrected chi connectivity index (χ2v) is 7.89. The Hall–Kier alpha value is -0.200. The molecule has 0 aromatic heterocycles. The van der Waals surface area contributed by atoms with Gasteiger partial charge in [0.25, 0.3) is 0 Å². The van der Waals surface area contributed by atoms with Crippen LogP contribution in [0.15, 0.2) is 0 Å². The van der Waals surface area contributed by atoms with Gasteiger partial charge < -0.3 is 24.1 Å². The maximum Gasteiger partial charge on any atom is 0.190 e. The first-order chi connectivity index (χ1) is 12.0. The average Bonchev–Trinajstić information content (AvgIpc) is 3.01. The molecular weight excluding hydrogens is 320 g/mol. The molecule has 5 nitrogen and oxygen atoms in total. The lowest BCUT2D eigenvalue weighted by Gasteiger charge is -2.22. The summed E-state index contributed by atoms with van der Waals surface area (Å²) in [5, 5.41) is 10.3. The SMILES string of the molecule is CCCCCCCCCCCCOC[C@H]1O[C@@H]2OC(C)(C)O[C@@H]2[C@H]1O. The zero-order valence-electron chi connectivity index (χ0n) is 16.4. The van der Waals surface area contributed by atoms with Crippen LogP contribution in [-0.4, -0.2) is 48.7 Å². The van der Waals surface area contributed by atoms with Gasteiger partial charge in [0.1, 0.15) is 18.3 Å². The van der Waals surface area contributed by atoms with Crippen molar-refractivity contribution in [2.45, 2.75) is 115 Å². The molecule has 4 atom stereocenters. The van der Waals surface area contributed by atoms with E-state index in [9.17, 15) is 5.11 Å². The molecule has 0 bridgehead atoms. The molecule has 2 heterocycles. The van der Waals surface area contributed by atoms with E-state index in [2.05, 4.69) is 6.92 Å². The van der Waals surface area contributed by atoms with Crippen LogP contribution in [0.2, 0.25) is 0 Å². The Morgan fingerprint density at radius 1 is 0.880 bits per heavy atom. The van der Waals surface area contributed by atoms with E-state index < -0.39 is 24.3 Å². The molecule has 0 unspecified atom stereocenters. The minimum atomic E-state index is -0.682. The predicted molar refractivity (Wildman–Crippen MR) is 97.4 cm³/mol. The summed E-state index contributed by atoms with van der Waals surface area (Å²) in [5.74, 6) is -0.682. The molecular formula is C20H38O5. The van der Waals surface area contributed by atoms with Gasteiger partial charge in [-0.3, -0.25) is 0 Å². The van der Waals surface area contributed by atoms with Crippen LogP contribution in [-0.2, 0) is 18.9 Å². The maximum atomic E-state index is 10.3. The van der Waals surface area contributed by atoms with Crippen LogP contribution in [0.3, 0.4) is 0 Å². The van der Waals surface area contributed by atoms with E-state index in [0.717, 1.165) is 13.0 Å². The highest BCUT2D eigenvalue weighted by Gasteiger charge is 2.54. The summed E-state index contributed by atoms with van der Waals surface area (Å²) in [5.41, 5.74) is 0. The summed E-state index contributed by atoms with van der Waals surface area (Å²) in [6.45, 7) is 7.05. The van der Waals surface area contributed by atoms with Gasteiger partial charge in [-0.15, -0.1) is 0 Å². The monoisotopic (exact) mass is 358 g/mol. The van der Waals surface area contributed by atoms with Crippen LogP contribution in [0, 0.1) is 0 Å². The fourth-order valence-electron chi connectivity index (χ4n) is 3.59. The molecule has 2 aliphatic rings. The van der Waals surface area contributed by atoms with Crippen LogP contribution in [0.5, 0.6) is 0 Å². The lowest BCUT2D eigenvalue weighted by molar-refractivity contribution is -0.220. The van der Waals surface area contributed by atoms with Crippen LogP contribution >= 0.6 is 0 Å². The van der Waals surface area contributed by atoms with E-state index in [1.54, 1.807) is 0 Å². The smallest absolute Gasteiger partial charge is 0.190 e. The van der Waals surface area contributed by atoms with Crippen molar-refractivity contribution in [1.29, 1.82) is 0 Å². The van der Waals surface area contributed by atoms with Gasteiger partial charge in [0.15, 0.2) is 12.1 Å². The first-order valence-corrected chi connectivity index (χ1v) is 10.3. The molecule has 0 amide bonds. The number of hydrogen-bond acceptors (Lipinski definition) is 5. The Bertz CT molecular complexity index is 360. The Morgan fingerprint density at radius 3 is 2.08 bits per heavy atom. The molecule has 1 N–H and O–H groups in total. The summed E-state index contributed by atoms with van der Waals surface area (Å²) in [6.07, 6.45) is 11.3. The van der Waals surface area contributed by atoms with Crippen molar-refractivity contribution in [3.05, 3.63) is 0 Å². The molecule has 25 heavy (non-hydrogen) atoms. The van der Waals surface area contributed by atoms with Gasteiger partial charge in [0, 0.05) is 6.61 Å². The largest absolute Gasteiger partial charge is 0.387 e. The van der Waals surface area contributed by atoms with Gasteiger partial charge in [0.05, 0.1) is 6.61 Å². The van der Waals surface area contributed by atoms with Crippen molar-refractivity contribution in [2.24, 2.45) is 0 Å². The first-order valence-electron chi connectivity index (χ1n) is 10.3. The highest BCUT2D eigenvalue weighted by atomic mass is 16.8. The number of hydrogen-bond donors (Lipinski definition) is 1. The zero-order valence-corrected chi connectivity index (χ0v) is 16.4. The standard InChI is InChI=1S/C20H38O5/c1-4-5-6-7-8-9-10-11-12-13-14-22-15-16-17(21)18-19(23-16)25-20(2,3)24-18/h16-19,21H,4-15H2,1-3H3/t16-,17+,18-,19-/m1/s1. The van der Waals surface area contributed by atoms with Gasteiger partial charge >= 0.3 is 0 Å². The summed E-state index contributed by atoms with van der Waals surface area (Å²) in [4.78, 5) is 0. The number of ether oxygens (including phenoxy) is 4. The molecule has 2 saturated heterocycles. The lowest BCUT2D eigenvalue weighted by atomic mass is 10.1. The quantitative estimate of drug-likeness (QED) is 0.501. The van der Waals surface area contributed by atoms with Crippen LogP contribution in [0.4, 0.5) is 0 Å². The minimum Gasteiger partial charge on any atom is -0.387 e. The number of rotatable bonds is 13. The molecule has 148 valence electrons. The van der Waals surface area contributed by atoms with Crippen molar-refractivity contribution in [2.75, 3.05) is 13.2 Å². The van der Waals surface area contributed by atoms with Gasteiger partial charge in [-0.05, 0) is 20.3 Å². The fourth-order valence-corrected chi connectivity index (χ4v) is 3.59. The normalized spacial score (nSPS) is 30.7. The second kappa shape index (κ2) is 10.8. The van der Waals surface area contributed by atoms with E-state index in [1.807, 2.05) is 13.8 Å². The third kappa shape index (κ3) is 7.14. The van der Waals surface area contributed by atoms with Gasteiger partial charge in [0.2, 0.25) is 0 Å². The Morgan fingerprint density at radius 2 is 1.48 bits per heavy atom. The molecule has 2 fully saturated rings. The van der Waals surface area contributed by atoms with Gasteiger partial charge in [-0.2, -0.15) is 0 Å². The van der Waals surface area contributed by atoms with Crippen molar-refractivity contribution >= 4 is 0 Å². The van der Waals surface area contributed by atoms with Crippen molar-refractivity contribution in [3.8, 4) is 0 Å². The minimum absolute atomic E-state index is 0.353. The highest BCUT2D eigenvalue weighted by molar-refractivity contribution is 4.92. The molecule has 0 saturated carbocycles. The maximum absolute atomic E-state index is 10.3. The number of aliphatic hydroxyl groups is 1. The van der Waals surface area contributed by atoms with Crippen LogP contribution < -0.4 is 0 Å². The molecule has 0 spiro atoms. The molecule has 0 radical (unpaired) electrons. The van der Waals surface area contributed by atoms with Gasteiger partial charge in [-0.1, -0.05) is 64.7 Å². The molecule has 0 aromatic carbocycles. The summed E-state index contributed by atoms with van der Waals surface area (Å²) < 4.78 is 22.7. The van der Waals surface area contributed by atoms with Crippen LogP contribution in [0.1, 0.15) is 85.0 Å². The summed E-state index contributed by atoms with van der Waals surface area (Å²) >= 11 is 0. The van der Waals surface area contributed by atoms with Crippen molar-refractivity contribution in [3.63, 3.8) is 0 Å². The summed E-state index contributed by atoms with van der Waals surface area (Å²) in [7, 11) is 0. The fraction of sp³-hybridized carbons (Fsp3) is 1.00. The van der Waals surface area contributed by atoms with E-state index in [0.29, 0.717) is 6.61 Å². The number of aliphatic hydroxyl groups excluding tert-OH is 1. The number of fused-ring (bicyclic) bond motifs is 1. The van der Waals surface area contributed by atoms with E-state index in [4.69, 9.17) is 18.9 Å². The predicted octanol–water partition coefficient (Wildman–Crippen LogP) is 4.16. The molecule has 2 aliphatic heterocycles. The Balaban J connectivity index is 1.41. The van der Waals surface area contributed by atoms with Crippen molar-refractivity contribution in [1.82, 2.24) is 0 Å². The van der Waals surface area contributed by atoms with Crippen LogP contribution in [0.25, 0.3) is 0 Å². The molecule has 5 heteroatoms. The second-order valence-electron chi connectivity index (χ2n) is 7.89. The molecule has 0 aliphatic carbocycles. The van der Waals surface area contributed by atoms with E-state index in [-0.39, 0.29) is 6.10 Å². The average molecular weight is 359 g/mol. The third-order valence-electron chi connectivity index (χ3n) is 5.04. The topological polar surface area (TPSA) is 57.2 Å². The van der Waals surface area contributed by atoms with E-state index >= 15 is 0 Å². The Kier molecular flexibility index (Phi) is 9.14. The molecule has 2 rings (SSSR count). The van der Waals surface area contributed by atoms with Gasteiger partial charge in [-0.25, -0.2) is 0 Å².